The standard InChI is InChI=1S/C19H24F3N3O4/c1-29-17(27)7-4-8-23-16(26)13-24-9-11-25(12-10-24)18(28)14-5-2-3-6-15(14)19(20,21)22/h2-3,5-6H,4,7-13H2,1H3,(H,23,26). The predicted octanol–water partition coefficient (Wildman–Crippen LogP) is 1.53. The van der Waals surface area contributed by atoms with Crippen LogP contribution in [0.2, 0.25) is 0 Å². The lowest BCUT2D eigenvalue weighted by molar-refractivity contribution is -0.141. The van der Waals surface area contributed by atoms with Crippen molar-refractivity contribution in [3.05, 3.63) is 35.4 Å². The fraction of sp³-hybridized carbons (Fsp3) is 0.526. The van der Waals surface area contributed by atoms with Gasteiger partial charge in [-0.05, 0) is 18.6 Å². The number of rotatable bonds is 7. The van der Waals surface area contributed by atoms with E-state index in [0.29, 0.717) is 26.1 Å². The van der Waals surface area contributed by atoms with Crippen molar-refractivity contribution in [1.82, 2.24) is 15.1 Å². The number of carbonyl (C=O) groups is 3. The van der Waals surface area contributed by atoms with Gasteiger partial charge in [-0.3, -0.25) is 19.3 Å². The van der Waals surface area contributed by atoms with Gasteiger partial charge in [0.25, 0.3) is 5.91 Å². The van der Waals surface area contributed by atoms with E-state index in [1.165, 1.54) is 30.2 Å². The third-order valence-electron chi connectivity index (χ3n) is 4.60. The van der Waals surface area contributed by atoms with Gasteiger partial charge in [-0.25, -0.2) is 0 Å². The van der Waals surface area contributed by atoms with Gasteiger partial charge in [0.15, 0.2) is 0 Å². The first-order valence-corrected chi connectivity index (χ1v) is 9.23. The minimum atomic E-state index is -4.60. The topological polar surface area (TPSA) is 79.0 Å². The average molecular weight is 415 g/mol. The number of piperazine rings is 1. The van der Waals surface area contributed by atoms with Crippen LogP contribution >= 0.6 is 0 Å². The molecule has 1 aliphatic heterocycles. The summed E-state index contributed by atoms with van der Waals surface area (Å²) < 4.78 is 43.9. The van der Waals surface area contributed by atoms with E-state index in [1.807, 2.05) is 4.90 Å². The summed E-state index contributed by atoms with van der Waals surface area (Å²) in [4.78, 5) is 38.7. The molecule has 0 aliphatic carbocycles. The molecular formula is C19H24F3N3O4. The number of methoxy groups -OCH3 is 1. The molecule has 1 aromatic carbocycles. The monoisotopic (exact) mass is 415 g/mol. The molecule has 10 heteroatoms. The van der Waals surface area contributed by atoms with Gasteiger partial charge in [0.1, 0.15) is 0 Å². The molecule has 2 rings (SSSR count). The Hall–Kier alpha value is -2.62. The number of esters is 1. The summed E-state index contributed by atoms with van der Waals surface area (Å²) in [5, 5.41) is 2.70. The maximum atomic E-state index is 13.1. The molecule has 1 heterocycles. The zero-order valence-electron chi connectivity index (χ0n) is 16.1. The normalized spacial score (nSPS) is 15.1. The van der Waals surface area contributed by atoms with Crippen LogP contribution in [0.5, 0.6) is 0 Å². The van der Waals surface area contributed by atoms with Crippen LogP contribution in [0, 0.1) is 0 Å². The third-order valence-corrected chi connectivity index (χ3v) is 4.60. The lowest BCUT2D eigenvalue weighted by Gasteiger charge is -2.34. The Kier molecular flexibility index (Phi) is 8.00. The molecule has 29 heavy (non-hydrogen) atoms. The summed E-state index contributed by atoms with van der Waals surface area (Å²) in [5.41, 5.74) is -1.31. The van der Waals surface area contributed by atoms with Crippen molar-refractivity contribution in [2.75, 3.05) is 46.4 Å². The highest BCUT2D eigenvalue weighted by Gasteiger charge is 2.36. The van der Waals surface area contributed by atoms with E-state index in [-0.39, 0.29) is 43.5 Å². The Balaban J connectivity index is 1.80. The molecule has 0 unspecified atom stereocenters. The molecule has 0 atom stereocenters. The first kappa shape index (κ1) is 22.7. The smallest absolute Gasteiger partial charge is 0.417 e. The fourth-order valence-electron chi connectivity index (χ4n) is 3.02. The second-order valence-electron chi connectivity index (χ2n) is 6.64. The van der Waals surface area contributed by atoms with Crippen LogP contribution in [-0.2, 0) is 20.5 Å². The van der Waals surface area contributed by atoms with Crippen LogP contribution in [0.15, 0.2) is 24.3 Å². The van der Waals surface area contributed by atoms with E-state index in [2.05, 4.69) is 10.1 Å². The van der Waals surface area contributed by atoms with Gasteiger partial charge in [-0.2, -0.15) is 13.2 Å². The number of benzene rings is 1. The third kappa shape index (κ3) is 6.74. The van der Waals surface area contributed by atoms with E-state index in [1.54, 1.807) is 0 Å². The SMILES string of the molecule is COC(=O)CCCNC(=O)CN1CCN(C(=O)c2ccccc2C(F)(F)F)CC1. The van der Waals surface area contributed by atoms with E-state index < -0.39 is 17.6 Å². The maximum Gasteiger partial charge on any atom is 0.417 e. The van der Waals surface area contributed by atoms with Gasteiger partial charge < -0.3 is 15.0 Å². The second kappa shape index (κ2) is 10.2. The number of nitrogens with zero attached hydrogens (tertiary/aromatic N) is 2. The van der Waals surface area contributed by atoms with Crippen LogP contribution in [0.3, 0.4) is 0 Å². The molecule has 160 valence electrons. The van der Waals surface area contributed by atoms with Crippen LogP contribution in [0.4, 0.5) is 13.2 Å². The van der Waals surface area contributed by atoms with Gasteiger partial charge in [0.05, 0.1) is 24.8 Å². The minimum Gasteiger partial charge on any atom is -0.469 e. The van der Waals surface area contributed by atoms with Crippen molar-refractivity contribution < 1.29 is 32.3 Å². The molecule has 0 saturated carbocycles. The fourth-order valence-corrected chi connectivity index (χ4v) is 3.02. The van der Waals surface area contributed by atoms with Crippen molar-refractivity contribution in [2.24, 2.45) is 0 Å². The largest absolute Gasteiger partial charge is 0.469 e. The Morgan fingerprint density at radius 2 is 1.76 bits per heavy atom. The summed E-state index contributed by atoms with van der Waals surface area (Å²) in [5.74, 6) is -1.21. The first-order valence-electron chi connectivity index (χ1n) is 9.23. The van der Waals surface area contributed by atoms with Crippen LogP contribution < -0.4 is 5.32 Å². The van der Waals surface area contributed by atoms with Gasteiger partial charge in [0, 0.05) is 39.1 Å². The van der Waals surface area contributed by atoms with Gasteiger partial charge in [-0.1, -0.05) is 12.1 Å². The molecule has 2 amide bonds. The Bertz CT molecular complexity index is 732. The molecule has 0 spiro atoms. The van der Waals surface area contributed by atoms with Crippen LogP contribution in [0.25, 0.3) is 0 Å². The summed E-state index contributed by atoms with van der Waals surface area (Å²) in [6, 6.07) is 4.73. The van der Waals surface area contributed by atoms with Crippen molar-refractivity contribution in [3.63, 3.8) is 0 Å². The summed E-state index contributed by atoms with van der Waals surface area (Å²) in [6.45, 7) is 1.71. The number of halogens is 3. The summed E-state index contributed by atoms with van der Waals surface area (Å²) >= 11 is 0. The number of hydrogen-bond donors (Lipinski definition) is 1. The molecule has 1 N–H and O–H groups in total. The molecule has 0 aromatic heterocycles. The molecule has 7 nitrogen and oxygen atoms in total. The highest BCUT2D eigenvalue weighted by Crippen LogP contribution is 2.32. The van der Waals surface area contributed by atoms with Gasteiger partial charge in [-0.15, -0.1) is 0 Å². The van der Waals surface area contributed by atoms with E-state index in [9.17, 15) is 27.6 Å². The summed E-state index contributed by atoms with van der Waals surface area (Å²) in [7, 11) is 1.30. The van der Waals surface area contributed by atoms with Crippen molar-refractivity contribution >= 4 is 17.8 Å². The van der Waals surface area contributed by atoms with Crippen molar-refractivity contribution in [2.45, 2.75) is 19.0 Å². The Morgan fingerprint density at radius 3 is 2.38 bits per heavy atom. The average Bonchev–Trinajstić information content (AvgIpc) is 2.70. The molecule has 1 fully saturated rings. The van der Waals surface area contributed by atoms with Gasteiger partial charge in [0.2, 0.25) is 5.91 Å². The molecule has 1 aliphatic rings. The Labute approximate surface area is 166 Å². The van der Waals surface area contributed by atoms with Crippen molar-refractivity contribution in [3.8, 4) is 0 Å². The lowest BCUT2D eigenvalue weighted by atomic mass is 10.1. The quantitative estimate of drug-likeness (QED) is 0.540. The number of carbonyl (C=O) groups excluding carboxylic acids is 3. The van der Waals surface area contributed by atoms with Crippen LogP contribution in [0.1, 0.15) is 28.8 Å². The number of hydrogen-bond acceptors (Lipinski definition) is 5. The number of nitrogens with one attached hydrogen (secondary N) is 1. The number of alkyl halides is 3. The zero-order valence-corrected chi connectivity index (χ0v) is 16.1. The first-order chi connectivity index (χ1) is 13.7. The molecule has 1 aromatic rings. The maximum absolute atomic E-state index is 13.1. The van der Waals surface area contributed by atoms with Gasteiger partial charge >= 0.3 is 12.1 Å². The molecule has 0 bridgehead atoms. The highest BCUT2D eigenvalue weighted by atomic mass is 19.4. The predicted molar refractivity (Wildman–Crippen MR) is 98.0 cm³/mol. The highest BCUT2D eigenvalue weighted by molar-refractivity contribution is 5.96. The Morgan fingerprint density at radius 1 is 1.10 bits per heavy atom. The zero-order chi connectivity index (χ0) is 21.4. The number of ether oxygens (including phenoxy) is 1. The summed E-state index contributed by atoms with van der Waals surface area (Å²) in [6.07, 6.45) is -3.91. The molecular weight excluding hydrogens is 391 g/mol. The minimum absolute atomic E-state index is 0.124. The molecule has 0 radical (unpaired) electrons. The van der Waals surface area contributed by atoms with Crippen LogP contribution in [-0.4, -0.2) is 74.0 Å². The van der Waals surface area contributed by atoms with E-state index >= 15 is 0 Å². The molecule has 1 saturated heterocycles. The number of amides is 2. The van der Waals surface area contributed by atoms with Crippen molar-refractivity contribution in [1.29, 1.82) is 0 Å². The lowest BCUT2D eigenvalue weighted by Crippen LogP contribution is -2.51. The van der Waals surface area contributed by atoms with E-state index in [0.717, 1.165) is 6.07 Å². The van der Waals surface area contributed by atoms with E-state index in [4.69, 9.17) is 0 Å². The second-order valence-corrected chi connectivity index (χ2v) is 6.64.